The van der Waals surface area contributed by atoms with Crippen molar-refractivity contribution >= 4 is 34.0 Å². The van der Waals surface area contributed by atoms with Crippen LogP contribution < -0.4 is 16.4 Å². The molecule has 1 aromatic carbocycles. The van der Waals surface area contributed by atoms with Crippen molar-refractivity contribution in [2.75, 3.05) is 11.1 Å². The Morgan fingerprint density at radius 2 is 2.08 bits per heavy atom. The Labute approximate surface area is 140 Å². The lowest BCUT2D eigenvalue weighted by molar-refractivity contribution is 0.0942. The van der Waals surface area contributed by atoms with Crippen LogP contribution in [0.4, 0.5) is 19.6 Å². The average molecular weight is 352 g/mol. The third-order valence-electron chi connectivity index (χ3n) is 3.58. The number of benzene rings is 1. The van der Waals surface area contributed by atoms with Crippen LogP contribution >= 0.6 is 11.3 Å². The molecule has 0 unspecified atom stereocenters. The van der Waals surface area contributed by atoms with E-state index in [0.717, 1.165) is 17.4 Å². The van der Waals surface area contributed by atoms with Crippen molar-refractivity contribution in [3.05, 3.63) is 40.2 Å². The number of nitrogen functional groups attached to an aromatic ring is 1. The number of hydrogen-bond donors (Lipinski definition) is 3. The minimum atomic E-state index is -1.08. The van der Waals surface area contributed by atoms with E-state index in [2.05, 4.69) is 15.6 Å². The number of rotatable bonds is 4. The van der Waals surface area contributed by atoms with Gasteiger partial charge in [0, 0.05) is 12.1 Å². The molecule has 1 saturated carbocycles. The number of nitrogens with zero attached hydrogens (tertiary/aromatic N) is 1. The van der Waals surface area contributed by atoms with Crippen LogP contribution in [0.25, 0.3) is 0 Å². The summed E-state index contributed by atoms with van der Waals surface area (Å²) >= 11 is 1.01. The molecule has 2 aromatic rings. The zero-order valence-corrected chi connectivity index (χ0v) is 13.4. The lowest BCUT2D eigenvalue weighted by Crippen LogP contribution is -2.28. The second kappa shape index (κ2) is 6.16. The summed E-state index contributed by atoms with van der Waals surface area (Å²) in [5.41, 5.74) is 5.96. The summed E-state index contributed by atoms with van der Waals surface area (Å²) in [6, 6.07) is 1.81. The first-order valence-corrected chi connectivity index (χ1v) is 7.94. The number of anilines is 2. The number of hydrogen-bond acceptors (Lipinski definition) is 5. The standard InChI is InChI=1S/C15H14F2N4O2S/c1-6-2-8(16)7(13(22)21-11-4-9(11)17)3-10(6)20-14(23)12-5-19-15(18)24-12/h2-3,5,9,11H,4H2,1H3,(H2,18,19)(H,20,23)(H,21,22)/t9-,11+/m1/s1. The van der Waals surface area contributed by atoms with Crippen molar-refractivity contribution in [2.45, 2.75) is 25.6 Å². The Morgan fingerprint density at radius 1 is 1.38 bits per heavy atom. The van der Waals surface area contributed by atoms with Crippen LogP contribution in [0, 0.1) is 12.7 Å². The topological polar surface area (TPSA) is 97.1 Å². The third-order valence-corrected chi connectivity index (χ3v) is 4.41. The fourth-order valence-electron chi connectivity index (χ4n) is 2.12. The molecule has 1 aliphatic rings. The summed E-state index contributed by atoms with van der Waals surface area (Å²) in [5.74, 6) is -1.91. The zero-order chi connectivity index (χ0) is 17.4. The number of alkyl halides is 1. The second-order valence-corrected chi connectivity index (χ2v) is 6.56. The summed E-state index contributed by atoms with van der Waals surface area (Å²) < 4.78 is 26.9. The molecule has 0 saturated heterocycles. The van der Waals surface area contributed by atoms with Gasteiger partial charge in [0.2, 0.25) is 0 Å². The van der Waals surface area contributed by atoms with Gasteiger partial charge in [0.1, 0.15) is 16.9 Å². The molecule has 9 heteroatoms. The first kappa shape index (κ1) is 16.3. The number of halogens is 2. The van der Waals surface area contributed by atoms with Crippen LogP contribution in [0.1, 0.15) is 32.0 Å². The molecule has 4 N–H and O–H groups in total. The molecule has 2 atom stereocenters. The van der Waals surface area contributed by atoms with E-state index in [1.54, 1.807) is 6.92 Å². The molecule has 1 heterocycles. The normalized spacial score (nSPS) is 19.0. The predicted molar refractivity (Wildman–Crippen MR) is 86.4 cm³/mol. The van der Waals surface area contributed by atoms with Gasteiger partial charge in [-0.3, -0.25) is 9.59 Å². The van der Waals surface area contributed by atoms with Crippen LogP contribution in [0.5, 0.6) is 0 Å². The SMILES string of the molecule is Cc1cc(F)c(C(=O)N[C@H]2C[C@H]2F)cc1NC(=O)c1cnc(N)s1. The molecule has 126 valence electrons. The average Bonchev–Trinajstić information content (AvgIpc) is 3.02. The molecule has 0 bridgehead atoms. The Hall–Kier alpha value is -2.55. The van der Waals surface area contributed by atoms with E-state index in [-0.39, 0.29) is 22.8 Å². The fourth-order valence-corrected chi connectivity index (χ4v) is 2.70. The van der Waals surface area contributed by atoms with Crippen molar-refractivity contribution in [3.8, 4) is 0 Å². The van der Waals surface area contributed by atoms with E-state index >= 15 is 0 Å². The Balaban J connectivity index is 1.81. The van der Waals surface area contributed by atoms with E-state index in [9.17, 15) is 18.4 Å². The molecule has 0 spiro atoms. The van der Waals surface area contributed by atoms with Gasteiger partial charge in [-0.25, -0.2) is 13.8 Å². The molecular weight excluding hydrogens is 338 g/mol. The second-order valence-electron chi connectivity index (χ2n) is 5.50. The van der Waals surface area contributed by atoms with Crippen LogP contribution in [0.2, 0.25) is 0 Å². The maximum Gasteiger partial charge on any atom is 0.267 e. The molecule has 1 fully saturated rings. The van der Waals surface area contributed by atoms with Crippen molar-refractivity contribution in [1.29, 1.82) is 0 Å². The van der Waals surface area contributed by atoms with Crippen LogP contribution in [-0.4, -0.2) is 29.0 Å². The number of nitrogens with one attached hydrogen (secondary N) is 2. The number of carbonyl (C=O) groups is 2. The molecule has 0 radical (unpaired) electrons. The molecule has 1 aromatic heterocycles. The van der Waals surface area contributed by atoms with Gasteiger partial charge in [-0.05, 0) is 24.6 Å². The molecule has 0 aliphatic heterocycles. The van der Waals surface area contributed by atoms with Crippen molar-refractivity contribution in [1.82, 2.24) is 10.3 Å². The van der Waals surface area contributed by atoms with Gasteiger partial charge >= 0.3 is 0 Å². The van der Waals surface area contributed by atoms with Gasteiger partial charge in [0.05, 0.1) is 17.8 Å². The summed E-state index contributed by atoms with van der Waals surface area (Å²) in [4.78, 5) is 28.2. The monoisotopic (exact) mass is 352 g/mol. The smallest absolute Gasteiger partial charge is 0.267 e. The third kappa shape index (κ3) is 3.35. The lowest BCUT2D eigenvalue weighted by atomic mass is 10.1. The summed E-state index contributed by atoms with van der Waals surface area (Å²) in [6.45, 7) is 1.60. The first-order chi connectivity index (χ1) is 11.3. The van der Waals surface area contributed by atoms with Gasteiger partial charge < -0.3 is 16.4 Å². The van der Waals surface area contributed by atoms with Gasteiger partial charge in [-0.1, -0.05) is 11.3 Å². The van der Waals surface area contributed by atoms with Gasteiger partial charge in [-0.2, -0.15) is 0 Å². The highest BCUT2D eigenvalue weighted by Gasteiger charge is 2.39. The van der Waals surface area contributed by atoms with E-state index in [0.29, 0.717) is 10.4 Å². The number of carbonyl (C=O) groups excluding carboxylic acids is 2. The van der Waals surface area contributed by atoms with E-state index < -0.39 is 29.8 Å². The number of amides is 2. The highest BCUT2D eigenvalue weighted by molar-refractivity contribution is 7.17. The van der Waals surface area contributed by atoms with Crippen molar-refractivity contribution < 1.29 is 18.4 Å². The lowest BCUT2D eigenvalue weighted by Gasteiger charge is -2.11. The van der Waals surface area contributed by atoms with Crippen LogP contribution in [0.3, 0.4) is 0 Å². The fraction of sp³-hybridized carbons (Fsp3) is 0.267. The minimum Gasteiger partial charge on any atom is -0.375 e. The number of aromatic nitrogens is 1. The van der Waals surface area contributed by atoms with Gasteiger partial charge in [0.25, 0.3) is 11.8 Å². The number of nitrogens with two attached hydrogens (primary N) is 1. The van der Waals surface area contributed by atoms with Crippen molar-refractivity contribution in [3.63, 3.8) is 0 Å². The molecule has 2 amide bonds. The summed E-state index contributed by atoms with van der Waals surface area (Å²) in [5, 5.41) is 5.25. The van der Waals surface area contributed by atoms with E-state index in [4.69, 9.17) is 5.73 Å². The Bertz CT molecular complexity index is 824. The minimum absolute atomic E-state index is 0.232. The van der Waals surface area contributed by atoms with E-state index in [1.807, 2.05) is 0 Å². The number of thiazole rings is 1. The molecular formula is C15H14F2N4O2S. The zero-order valence-electron chi connectivity index (χ0n) is 12.6. The van der Waals surface area contributed by atoms with Crippen LogP contribution in [-0.2, 0) is 0 Å². The summed E-state index contributed by atoms with van der Waals surface area (Å²) in [7, 11) is 0. The maximum absolute atomic E-state index is 14.0. The van der Waals surface area contributed by atoms with Crippen molar-refractivity contribution in [2.24, 2.45) is 0 Å². The number of aryl methyl sites for hydroxylation is 1. The maximum atomic E-state index is 14.0. The molecule has 6 nitrogen and oxygen atoms in total. The molecule has 1 aliphatic carbocycles. The Morgan fingerprint density at radius 3 is 2.67 bits per heavy atom. The predicted octanol–water partition coefficient (Wildman–Crippen LogP) is 2.27. The van der Waals surface area contributed by atoms with E-state index in [1.165, 1.54) is 12.3 Å². The highest BCUT2D eigenvalue weighted by atomic mass is 32.1. The molecule has 24 heavy (non-hydrogen) atoms. The highest BCUT2D eigenvalue weighted by Crippen LogP contribution is 2.27. The van der Waals surface area contributed by atoms with Gasteiger partial charge in [0.15, 0.2) is 5.13 Å². The largest absolute Gasteiger partial charge is 0.375 e. The van der Waals surface area contributed by atoms with Crippen LogP contribution in [0.15, 0.2) is 18.3 Å². The summed E-state index contributed by atoms with van der Waals surface area (Å²) in [6.07, 6.45) is 0.477. The Kier molecular flexibility index (Phi) is 4.18. The quantitative estimate of drug-likeness (QED) is 0.786. The van der Waals surface area contributed by atoms with Gasteiger partial charge in [-0.15, -0.1) is 0 Å². The first-order valence-electron chi connectivity index (χ1n) is 7.13. The molecule has 3 rings (SSSR count).